The van der Waals surface area contributed by atoms with E-state index in [4.69, 9.17) is 0 Å². The zero-order valence-electron chi connectivity index (χ0n) is 9.10. The van der Waals surface area contributed by atoms with Gasteiger partial charge in [-0.3, -0.25) is 4.99 Å². The predicted octanol–water partition coefficient (Wildman–Crippen LogP) is 2.90. The van der Waals surface area contributed by atoms with Crippen molar-refractivity contribution in [3.63, 3.8) is 0 Å². The fourth-order valence-corrected chi connectivity index (χ4v) is 1.37. The fraction of sp³-hybridized carbons (Fsp3) is 0.900. The Morgan fingerprint density at radius 3 is 2.46 bits per heavy atom. The molecule has 2 nitrogen and oxygen atoms in total. The van der Waals surface area contributed by atoms with Gasteiger partial charge in [0.2, 0.25) is 0 Å². The van der Waals surface area contributed by atoms with Crippen molar-refractivity contribution >= 4 is 16.9 Å². The molecule has 0 aliphatic rings. The normalized spacial score (nSPS) is 11.8. The topological polar surface area (TPSA) is 24.4 Å². The predicted molar refractivity (Wildman–Crippen MR) is 63.6 cm³/mol. The molecule has 78 valence electrons. The summed E-state index contributed by atoms with van der Waals surface area (Å²) in [5.41, 5.74) is 0. The zero-order chi connectivity index (χ0) is 9.94. The van der Waals surface area contributed by atoms with Gasteiger partial charge in [-0.15, -0.1) is 0 Å². The number of hydrogen-bond donors (Lipinski definition) is 1. The Balaban J connectivity index is 3.54. The van der Waals surface area contributed by atoms with Crippen LogP contribution in [-0.4, -0.2) is 24.5 Å². The third kappa shape index (κ3) is 8.16. The van der Waals surface area contributed by atoms with E-state index in [1.165, 1.54) is 25.7 Å². The van der Waals surface area contributed by atoms with Crippen LogP contribution in [0.15, 0.2) is 4.99 Å². The molecule has 3 heteroatoms. The summed E-state index contributed by atoms with van der Waals surface area (Å²) < 4.78 is 0. The number of hydrogen-bond acceptors (Lipinski definition) is 2. The summed E-state index contributed by atoms with van der Waals surface area (Å²) in [7, 11) is 0. The first-order valence-electron chi connectivity index (χ1n) is 5.17. The van der Waals surface area contributed by atoms with Gasteiger partial charge in [-0.25, -0.2) is 0 Å². The van der Waals surface area contributed by atoms with E-state index in [1.54, 1.807) is 11.8 Å². The van der Waals surface area contributed by atoms with Crippen molar-refractivity contribution in [1.29, 1.82) is 0 Å². The number of nitrogens with one attached hydrogen (secondary N) is 1. The quantitative estimate of drug-likeness (QED) is 0.407. The molecule has 0 unspecified atom stereocenters. The summed E-state index contributed by atoms with van der Waals surface area (Å²) in [5.74, 6) is 0. The minimum absolute atomic E-state index is 0.964. The fourth-order valence-electron chi connectivity index (χ4n) is 0.903. The molecule has 0 aromatic rings. The average molecular weight is 202 g/mol. The van der Waals surface area contributed by atoms with Gasteiger partial charge in [0.15, 0.2) is 5.17 Å². The van der Waals surface area contributed by atoms with Crippen molar-refractivity contribution in [2.24, 2.45) is 4.99 Å². The molecule has 0 rings (SSSR count). The van der Waals surface area contributed by atoms with Crippen molar-refractivity contribution in [3.05, 3.63) is 0 Å². The van der Waals surface area contributed by atoms with Crippen LogP contribution >= 0.6 is 11.8 Å². The maximum atomic E-state index is 4.47. The highest BCUT2D eigenvalue weighted by atomic mass is 32.2. The number of thioether (sulfide) groups is 1. The summed E-state index contributed by atoms with van der Waals surface area (Å²) in [6.07, 6.45) is 6.96. The number of amidine groups is 1. The van der Waals surface area contributed by atoms with Gasteiger partial charge in [0.05, 0.1) is 0 Å². The first kappa shape index (κ1) is 12.8. The second kappa shape index (κ2) is 9.90. The average Bonchev–Trinajstić information content (AvgIpc) is 2.16. The van der Waals surface area contributed by atoms with Gasteiger partial charge in [0, 0.05) is 13.1 Å². The maximum absolute atomic E-state index is 4.47. The lowest BCUT2D eigenvalue weighted by molar-refractivity contribution is 0.751. The molecule has 0 amide bonds. The Bertz CT molecular complexity index is 135. The molecular formula is C10H22N2S. The van der Waals surface area contributed by atoms with Crippen LogP contribution in [0.1, 0.15) is 39.5 Å². The third-order valence-electron chi connectivity index (χ3n) is 1.77. The van der Waals surface area contributed by atoms with E-state index in [0.717, 1.165) is 18.3 Å². The van der Waals surface area contributed by atoms with Crippen LogP contribution in [0.4, 0.5) is 0 Å². The molecule has 0 aliphatic carbocycles. The third-order valence-corrected chi connectivity index (χ3v) is 2.43. The van der Waals surface area contributed by atoms with Crippen molar-refractivity contribution in [3.8, 4) is 0 Å². The summed E-state index contributed by atoms with van der Waals surface area (Å²) in [4.78, 5) is 4.47. The van der Waals surface area contributed by atoms with E-state index in [2.05, 4.69) is 30.4 Å². The van der Waals surface area contributed by atoms with Crippen LogP contribution in [0.3, 0.4) is 0 Å². The van der Waals surface area contributed by atoms with Crippen molar-refractivity contribution in [1.82, 2.24) is 5.32 Å². The first-order chi connectivity index (χ1) is 6.35. The Kier molecular flexibility index (Phi) is 9.77. The number of unbranched alkanes of at least 4 members (excludes halogenated alkanes) is 2. The zero-order valence-corrected chi connectivity index (χ0v) is 9.91. The summed E-state index contributed by atoms with van der Waals surface area (Å²) in [5, 5.41) is 4.44. The van der Waals surface area contributed by atoms with Crippen LogP contribution < -0.4 is 5.32 Å². The van der Waals surface area contributed by atoms with E-state index < -0.39 is 0 Å². The second-order valence-electron chi connectivity index (χ2n) is 3.02. The molecule has 0 aliphatic heterocycles. The van der Waals surface area contributed by atoms with Gasteiger partial charge < -0.3 is 5.32 Å². The molecule has 0 spiro atoms. The van der Waals surface area contributed by atoms with Crippen LogP contribution in [0.25, 0.3) is 0 Å². The van der Waals surface area contributed by atoms with Crippen LogP contribution in [-0.2, 0) is 0 Å². The number of rotatable bonds is 6. The van der Waals surface area contributed by atoms with Gasteiger partial charge in [-0.1, -0.05) is 38.5 Å². The molecule has 13 heavy (non-hydrogen) atoms. The molecule has 0 aromatic heterocycles. The van der Waals surface area contributed by atoms with Gasteiger partial charge in [0.25, 0.3) is 0 Å². The molecule has 0 radical (unpaired) electrons. The second-order valence-corrected chi connectivity index (χ2v) is 3.82. The van der Waals surface area contributed by atoms with Crippen molar-refractivity contribution < 1.29 is 0 Å². The Labute approximate surface area is 86.6 Å². The summed E-state index contributed by atoms with van der Waals surface area (Å²) in [6.45, 7) is 6.42. The van der Waals surface area contributed by atoms with E-state index >= 15 is 0 Å². The Morgan fingerprint density at radius 2 is 1.92 bits per heavy atom. The maximum Gasteiger partial charge on any atom is 0.156 e. The first-order valence-corrected chi connectivity index (χ1v) is 6.39. The van der Waals surface area contributed by atoms with E-state index in [1.807, 2.05) is 0 Å². The molecule has 0 heterocycles. The molecule has 0 bridgehead atoms. The summed E-state index contributed by atoms with van der Waals surface area (Å²) in [6, 6.07) is 0. The lowest BCUT2D eigenvalue weighted by Crippen LogP contribution is -2.21. The lowest BCUT2D eigenvalue weighted by Gasteiger charge is -2.06. The largest absolute Gasteiger partial charge is 0.365 e. The SMILES string of the molecule is CCCC/N=C(/NCCCC)SC. The smallest absolute Gasteiger partial charge is 0.156 e. The van der Waals surface area contributed by atoms with E-state index in [9.17, 15) is 0 Å². The molecule has 0 saturated heterocycles. The minimum Gasteiger partial charge on any atom is -0.365 e. The molecular weight excluding hydrogens is 180 g/mol. The molecule has 0 fully saturated rings. The minimum atomic E-state index is 0.964. The number of nitrogens with zero attached hydrogens (tertiary/aromatic N) is 1. The van der Waals surface area contributed by atoms with Gasteiger partial charge in [0.1, 0.15) is 0 Å². The summed E-state index contributed by atoms with van der Waals surface area (Å²) >= 11 is 1.71. The number of aliphatic imine (C=N–C) groups is 1. The molecule has 0 aromatic carbocycles. The van der Waals surface area contributed by atoms with E-state index in [-0.39, 0.29) is 0 Å². The van der Waals surface area contributed by atoms with E-state index in [0.29, 0.717) is 0 Å². The lowest BCUT2D eigenvalue weighted by atomic mass is 10.3. The highest BCUT2D eigenvalue weighted by molar-refractivity contribution is 8.13. The standard InChI is InChI=1S/C10H22N2S/c1-4-6-8-11-10(13-3)12-9-7-5-2/h4-9H2,1-3H3,(H,11,12). The molecule has 0 saturated carbocycles. The monoisotopic (exact) mass is 202 g/mol. The van der Waals surface area contributed by atoms with Crippen LogP contribution in [0.2, 0.25) is 0 Å². The highest BCUT2D eigenvalue weighted by Crippen LogP contribution is 1.97. The highest BCUT2D eigenvalue weighted by Gasteiger charge is 1.93. The van der Waals surface area contributed by atoms with Crippen LogP contribution in [0, 0.1) is 0 Å². The van der Waals surface area contributed by atoms with Crippen molar-refractivity contribution in [2.45, 2.75) is 39.5 Å². The Hall–Kier alpha value is -0.180. The molecule has 1 N–H and O–H groups in total. The van der Waals surface area contributed by atoms with Crippen molar-refractivity contribution in [2.75, 3.05) is 19.3 Å². The van der Waals surface area contributed by atoms with Gasteiger partial charge in [-0.2, -0.15) is 0 Å². The molecule has 0 atom stereocenters. The van der Waals surface area contributed by atoms with Gasteiger partial charge in [-0.05, 0) is 19.1 Å². The Morgan fingerprint density at radius 1 is 1.23 bits per heavy atom. The van der Waals surface area contributed by atoms with Gasteiger partial charge >= 0.3 is 0 Å². The van der Waals surface area contributed by atoms with Crippen LogP contribution in [0.5, 0.6) is 0 Å².